The van der Waals surface area contributed by atoms with E-state index in [-0.39, 0.29) is 21.4 Å². The predicted molar refractivity (Wildman–Crippen MR) is 74.5 cm³/mol. The zero-order valence-corrected chi connectivity index (χ0v) is 11.9. The maximum Gasteiger partial charge on any atom is 0.354 e. The number of carbonyl (C=O) groups is 2. The first-order valence-electron chi connectivity index (χ1n) is 5.58. The molecule has 0 bridgehead atoms. The van der Waals surface area contributed by atoms with Crippen LogP contribution in [-0.4, -0.2) is 22.0 Å². The number of carboxylic acid groups (broad SMARTS) is 1. The molecule has 1 heterocycles. The van der Waals surface area contributed by atoms with Crippen LogP contribution in [0.2, 0.25) is 0 Å². The average Bonchev–Trinajstić information content (AvgIpc) is 2.73. The Balaban J connectivity index is 2.27. The second-order valence-electron chi connectivity index (χ2n) is 4.13. The number of amides is 1. The number of aromatic nitrogens is 1. The van der Waals surface area contributed by atoms with Gasteiger partial charge < -0.3 is 15.4 Å². The minimum Gasteiger partial charge on any atom is -0.477 e. The van der Waals surface area contributed by atoms with Crippen LogP contribution in [0.1, 0.15) is 26.5 Å². The smallest absolute Gasteiger partial charge is 0.354 e. The molecule has 2 rings (SSSR count). The van der Waals surface area contributed by atoms with Gasteiger partial charge in [-0.3, -0.25) is 4.79 Å². The minimum absolute atomic E-state index is 0.0980. The normalized spacial score (nSPS) is 10.3. The molecule has 1 aromatic heterocycles. The lowest BCUT2D eigenvalue weighted by Gasteiger charge is -2.05. The highest BCUT2D eigenvalue weighted by molar-refractivity contribution is 9.10. The van der Waals surface area contributed by atoms with Gasteiger partial charge in [-0.2, -0.15) is 0 Å². The van der Waals surface area contributed by atoms with Crippen LogP contribution in [0.5, 0.6) is 0 Å². The summed E-state index contributed by atoms with van der Waals surface area (Å²) in [4.78, 5) is 25.6. The summed E-state index contributed by atoms with van der Waals surface area (Å²) in [7, 11) is 0. The fraction of sp³-hybridized carbons (Fsp3) is 0.0769. The molecule has 1 aromatic carbocycles. The zero-order valence-electron chi connectivity index (χ0n) is 10.3. The van der Waals surface area contributed by atoms with Gasteiger partial charge in [0, 0.05) is 11.3 Å². The van der Waals surface area contributed by atoms with Crippen molar-refractivity contribution < 1.29 is 19.1 Å². The molecule has 2 aromatic rings. The topological polar surface area (TPSA) is 82.2 Å². The van der Waals surface area contributed by atoms with Crippen LogP contribution < -0.4 is 5.32 Å². The Labute approximate surface area is 121 Å². The number of benzene rings is 1. The van der Waals surface area contributed by atoms with Crippen LogP contribution in [0.25, 0.3) is 0 Å². The van der Waals surface area contributed by atoms with Crippen molar-refractivity contribution in [3.05, 3.63) is 51.5 Å². The number of H-pyrrole nitrogens is 1. The van der Waals surface area contributed by atoms with Gasteiger partial charge in [0.15, 0.2) is 0 Å². The molecular formula is C13H10BrFN2O3. The molecule has 0 unspecified atom stereocenters. The van der Waals surface area contributed by atoms with Crippen LogP contribution in [0.3, 0.4) is 0 Å². The van der Waals surface area contributed by atoms with Gasteiger partial charge in [0.1, 0.15) is 11.5 Å². The van der Waals surface area contributed by atoms with Gasteiger partial charge in [0.2, 0.25) is 0 Å². The van der Waals surface area contributed by atoms with Gasteiger partial charge in [0.05, 0.1) is 10.2 Å². The summed E-state index contributed by atoms with van der Waals surface area (Å²) in [6.07, 6.45) is 0. The minimum atomic E-state index is -1.18. The highest BCUT2D eigenvalue weighted by atomic mass is 79.9. The number of halogens is 2. The molecule has 5 nitrogen and oxygen atoms in total. The van der Waals surface area contributed by atoms with Gasteiger partial charge in [-0.15, -0.1) is 0 Å². The summed E-state index contributed by atoms with van der Waals surface area (Å²) in [6.45, 7) is 1.67. The van der Waals surface area contributed by atoms with Crippen LogP contribution >= 0.6 is 15.9 Å². The molecule has 0 aliphatic heterocycles. The molecule has 0 aliphatic carbocycles. The lowest BCUT2D eigenvalue weighted by molar-refractivity contribution is 0.0692. The fourth-order valence-corrected chi connectivity index (χ4v) is 1.93. The highest BCUT2D eigenvalue weighted by Gasteiger charge is 2.16. The second-order valence-corrected chi connectivity index (χ2v) is 4.98. The SMILES string of the molecule is Cc1cc(NC(=O)c2ccc(Br)c(F)c2)c(C(=O)O)[nH]1. The maximum absolute atomic E-state index is 13.4. The number of aromatic amines is 1. The van der Waals surface area contributed by atoms with Crippen molar-refractivity contribution >= 4 is 33.5 Å². The van der Waals surface area contributed by atoms with E-state index in [0.717, 1.165) is 6.07 Å². The van der Waals surface area contributed by atoms with E-state index in [9.17, 15) is 14.0 Å². The molecule has 3 N–H and O–H groups in total. The summed E-state index contributed by atoms with van der Waals surface area (Å²) < 4.78 is 13.6. The van der Waals surface area contributed by atoms with E-state index >= 15 is 0 Å². The summed E-state index contributed by atoms with van der Waals surface area (Å²) in [6, 6.07) is 5.41. The Morgan fingerprint density at radius 1 is 1.35 bits per heavy atom. The fourth-order valence-electron chi connectivity index (χ4n) is 1.69. The van der Waals surface area contributed by atoms with Crippen LogP contribution in [-0.2, 0) is 0 Å². The molecule has 0 saturated carbocycles. The third-order valence-electron chi connectivity index (χ3n) is 2.60. The van der Waals surface area contributed by atoms with Crippen LogP contribution in [0.4, 0.5) is 10.1 Å². The summed E-state index contributed by atoms with van der Waals surface area (Å²) in [5.74, 6) is -2.34. The molecule has 7 heteroatoms. The number of aromatic carboxylic acids is 1. The van der Waals surface area contributed by atoms with Gasteiger partial charge in [-0.1, -0.05) is 0 Å². The largest absolute Gasteiger partial charge is 0.477 e. The number of aryl methyl sites for hydroxylation is 1. The Bertz CT molecular complexity index is 697. The van der Waals surface area contributed by atoms with E-state index in [1.54, 1.807) is 6.92 Å². The van der Waals surface area contributed by atoms with E-state index < -0.39 is 17.7 Å². The predicted octanol–water partition coefficient (Wildman–Crippen LogP) is 3.18. The van der Waals surface area contributed by atoms with E-state index in [2.05, 4.69) is 26.2 Å². The monoisotopic (exact) mass is 340 g/mol. The first-order valence-corrected chi connectivity index (χ1v) is 6.37. The number of carboxylic acids is 1. The Morgan fingerprint density at radius 2 is 2.05 bits per heavy atom. The summed E-state index contributed by atoms with van der Waals surface area (Å²) in [5, 5.41) is 11.4. The third-order valence-corrected chi connectivity index (χ3v) is 3.24. The van der Waals surface area contributed by atoms with Crippen molar-refractivity contribution in [3.8, 4) is 0 Å². The first kappa shape index (κ1) is 14.3. The molecule has 0 spiro atoms. The molecule has 0 fully saturated rings. The average molecular weight is 341 g/mol. The van der Waals surface area contributed by atoms with E-state index in [4.69, 9.17) is 5.11 Å². The lowest BCUT2D eigenvalue weighted by atomic mass is 10.2. The number of hydrogen-bond acceptors (Lipinski definition) is 2. The second kappa shape index (κ2) is 5.46. The molecule has 0 atom stereocenters. The molecule has 0 radical (unpaired) electrons. The lowest BCUT2D eigenvalue weighted by Crippen LogP contribution is -2.14. The standard InChI is InChI=1S/C13H10BrFN2O3/c1-6-4-10(11(16-6)13(19)20)17-12(18)7-2-3-8(14)9(15)5-7/h2-5,16H,1H3,(H,17,18)(H,19,20). The van der Waals surface area contributed by atoms with Crippen molar-refractivity contribution in [2.45, 2.75) is 6.92 Å². The van der Waals surface area contributed by atoms with E-state index in [0.29, 0.717) is 5.69 Å². The zero-order chi connectivity index (χ0) is 14.9. The number of nitrogens with one attached hydrogen (secondary N) is 2. The number of carbonyl (C=O) groups excluding carboxylic acids is 1. The van der Waals surface area contributed by atoms with Crippen LogP contribution in [0, 0.1) is 12.7 Å². The quantitative estimate of drug-likeness (QED) is 0.802. The molecule has 0 saturated heterocycles. The third kappa shape index (κ3) is 2.88. The Morgan fingerprint density at radius 3 is 2.65 bits per heavy atom. The van der Waals surface area contributed by atoms with Crippen molar-refractivity contribution in [2.24, 2.45) is 0 Å². The molecule has 20 heavy (non-hydrogen) atoms. The first-order chi connectivity index (χ1) is 9.38. The van der Waals surface area contributed by atoms with E-state index in [1.165, 1.54) is 18.2 Å². The van der Waals surface area contributed by atoms with Gasteiger partial charge in [0.25, 0.3) is 5.91 Å². The van der Waals surface area contributed by atoms with Gasteiger partial charge in [-0.05, 0) is 47.1 Å². The van der Waals surface area contributed by atoms with Crippen molar-refractivity contribution in [1.29, 1.82) is 0 Å². The Hall–Kier alpha value is -2.15. The van der Waals surface area contributed by atoms with Crippen molar-refractivity contribution in [1.82, 2.24) is 4.98 Å². The van der Waals surface area contributed by atoms with Crippen molar-refractivity contribution in [3.63, 3.8) is 0 Å². The van der Waals surface area contributed by atoms with Crippen molar-refractivity contribution in [2.75, 3.05) is 5.32 Å². The molecular weight excluding hydrogens is 331 g/mol. The summed E-state index contributed by atoms with van der Waals surface area (Å²) >= 11 is 2.99. The van der Waals surface area contributed by atoms with Gasteiger partial charge in [-0.25, -0.2) is 9.18 Å². The number of hydrogen-bond donors (Lipinski definition) is 3. The molecule has 104 valence electrons. The highest BCUT2D eigenvalue weighted by Crippen LogP contribution is 2.20. The van der Waals surface area contributed by atoms with Crippen LogP contribution in [0.15, 0.2) is 28.7 Å². The number of rotatable bonds is 3. The van der Waals surface area contributed by atoms with E-state index in [1.807, 2.05) is 0 Å². The Kier molecular flexibility index (Phi) is 3.89. The molecule has 1 amide bonds. The number of anilines is 1. The maximum atomic E-state index is 13.4. The molecule has 0 aliphatic rings. The summed E-state index contributed by atoms with van der Waals surface area (Å²) in [5.41, 5.74) is 0.720. The van der Waals surface area contributed by atoms with Gasteiger partial charge >= 0.3 is 5.97 Å².